The van der Waals surface area contributed by atoms with Gasteiger partial charge in [0.2, 0.25) is 11.8 Å². The van der Waals surface area contributed by atoms with Crippen LogP contribution in [0.15, 0.2) is 33.5 Å². The van der Waals surface area contributed by atoms with Gasteiger partial charge in [-0.15, -0.1) is 0 Å². The molecule has 1 aromatic heterocycles. The Hall–Kier alpha value is -2.61. The van der Waals surface area contributed by atoms with Gasteiger partial charge >= 0.3 is 5.76 Å². The van der Waals surface area contributed by atoms with Gasteiger partial charge < -0.3 is 14.2 Å². The Balaban J connectivity index is 1.23. The van der Waals surface area contributed by atoms with E-state index in [1.165, 1.54) is 4.57 Å². The summed E-state index contributed by atoms with van der Waals surface area (Å²) < 4.78 is 6.61. The molecule has 2 amide bonds. The number of amides is 2. The Bertz CT molecular complexity index is 1010. The highest BCUT2D eigenvalue weighted by atomic mass is 16.4. The maximum Gasteiger partial charge on any atom is 0.420 e. The molecule has 1 unspecified atom stereocenters. The molecular weight excluding hydrogens is 372 g/mol. The largest absolute Gasteiger partial charge is 0.420 e. The maximum absolute atomic E-state index is 12.8. The number of benzene rings is 1. The second-order valence-corrected chi connectivity index (χ2v) is 8.84. The van der Waals surface area contributed by atoms with E-state index in [-0.39, 0.29) is 29.8 Å². The lowest BCUT2D eigenvalue weighted by molar-refractivity contribution is -0.143. The minimum Gasteiger partial charge on any atom is -0.408 e. The van der Waals surface area contributed by atoms with E-state index in [0.29, 0.717) is 24.2 Å². The molecule has 3 aliphatic rings. The van der Waals surface area contributed by atoms with Crippen LogP contribution in [-0.4, -0.2) is 76.9 Å². The predicted octanol–water partition coefficient (Wildman–Crippen LogP) is 0.750. The third-order valence-electron chi connectivity index (χ3n) is 6.72. The van der Waals surface area contributed by atoms with Crippen molar-refractivity contribution < 1.29 is 14.0 Å². The van der Waals surface area contributed by atoms with E-state index in [2.05, 4.69) is 4.90 Å². The highest BCUT2D eigenvalue weighted by Gasteiger charge is 2.54. The fraction of sp³-hybridized carbons (Fsp3) is 0.571. The first kappa shape index (κ1) is 18.4. The van der Waals surface area contributed by atoms with Gasteiger partial charge in [-0.1, -0.05) is 12.1 Å². The lowest BCUT2D eigenvalue weighted by Gasteiger charge is -2.48. The molecule has 8 heteroatoms. The average molecular weight is 398 g/mol. The summed E-state index contributed by atoms with van der Waals surface area (Å²) in [7, 11) is 2.01. The number of oxazole rings is 1. The van der Waals surface area contributed by atoms with Crippen LogP contribution in [-0.2, 0) is 16.1 Å². The maximum atomic E-state index is 12.8. The third-order valence-corrected chi connectivity index (χ3v) is 6.72. The SMILES string of the molecule is CN1CC2(CC1C(=O)N1CCCC1)CN(C(=O)Cn1c(=O)oc3ccccc31)C2. The first-order chi connectivity index (χ1) is 14.0. The molecule has 3 aliphatic heterocycles. The molecule has 8 nitrogen and oxygen atoms in total. The van der Waals surface area contributed by atoms with Crippen molar-refractivity contribution in [2.24, 2.45) is 5.41 Å². The van der Waals surface area contributed by atoms with E-state index in [9.17, 15) is 14.4 Å². The van der Waals surface area contributed by atoms with Crippen LogP contribution in [0.25, 0.3) is 11.1 Å². The topological polar surface area (TPSA) is 79.0 Å². The van der Waals surface area contributed by atoms with Crippen LogP contribution in [0.3, 0.4) is 0 Å². The minimum atomic E-state index is -0.508. The van der Waals surface area contributed by atoms with Gasteiger partial charge in [0.1, 0.15) is 6.54 Å². The van der Waals surface area contributed by atoms with Crippen LogP contribution >= 0.6 is 0 Å². The number of hydrogen-bond acceptors (Lipinski definition) is 5. The Morgan fingerprint density at radius 1 is 1.10 bits per heavy atom. The molecule has 3 fully saturated rings. The number of fused-ring (bicyclic) bond motifs is 1. The third kappa shape index (κ3) is 3.06. The summed E-state index contributed by atoms with van der Waals surface area (Å²) in [5, 5.41) is 0. The van der Waals surface area contributed by atoms with E-state index in [1.807, 2.05) is 18.0 Å². The van der Waals surface area contributed by atoms with Gasteiger partial charge in [-0.2, -0.15) is 0 Å². The zero-order valence-corrected chi connectivity index (χ0v) is 16.7. The lowest BCUT2D eigenvalue weighted by atomic mass is 9.77. The fourth-order valence-corrected chi connectivity index (χ4v) is 5.26. The predicted molar refractivity (Wildman–Crippen MR) is 106 cm³/mol. The van der Waals surface area contributed by atoms with Crippen molar-refractivity contribution in [2.45, 2.75) is 31.8 Å². The van der Waals surface area contributed by atoms with Gasteiger partial charge in [0.25, 0.3) is 0 Å². The van der Waals surface area contributed by atoms with Gasteiger partial charge in [0.15, 0.2) is 5.58 Å². The van der Waals surface area contributed by atoms with Crippen molar-refractivity contribution in [1.29, 1.82) is 0 Å². The Morgan fingerprint density at radius 3 is 2.59 bits per heavy atom. The highest BCUT2D eigenvalue weighted by molar-refractivity contribution is 5.83. The standard InChI is InChI=1S/C21H26N4O4/c1-22-12-21(10-16(22)19(27)23-8-4-5-9-23)13-24(14-21)18(26)11-25-15-6-2-3-7-17(15)29-20(25)28/h2-3,6-7,16H,4-5,8-14H2,1H3. The van der Waals surface area contributed by atoms with E-state index in [0.717, 1.165) is 38.9 Å². The summed E-state index contributed by atoms with van der Waals surface area (Å²) in [4.78, 5) is 43.6. The van der Waals surface area contributed by atoms with E-state index < -0.39 is 5.76 Å². The molecule has 0 N–H and O–H groups in total. The van der Waals surface area contributed by atoms with Crippen molar-refractivity contribution in [2.75, 3.05) is 39.8 Å². The lowest BCUT2D eigenvalue weighted by Crippen LogP contribution is -2.60. The molecular formula is C21H26N4O4. The zero-order chi connectivity index (χ0) is 20.2. The van der Waals surface area contributed by atoms with Crippen LogP contribution in [0.4, 0.5) is 0 Å². The minimum absolute atomic E-state index is 0.00607. The zero-order valence-electron chi connectivity index (χ0n) is 16.7. The van der Waals surface area contributed by atoms with Gasteiger partial charge in [0.05, 0.1) is 11.6 Å². The Labute approximate surface area is 168 Å². The first-order valence-corrected chi connectivity index (χ1v) is 10.3. The summed E-state index contributed by atoms with van der Waals surface area (Å²) in [6.07, 6.45) is 2.99. The Morgan fingerprint density at radius 2 is 1.83 bits per heavy atom. The van der Waals surface area contributed by atoms with Crippen molar-refractivity contribution in [3.05, 3.63) is 34.8 Å². The second-order valence-electron chi connectivity index (χ2n) is 8.84. The molecule has 0 radical (unpaired) electrons. The number of likely N-dealkylation sites (N-methyl/N-ethyl adjacent to an activating group) is 1. The van der Waals surface area contributed by atoms with Gasteiger partial charge in [-0.3, -0.25) is 19.1 Å². The average Bonchev–Trinajstić information content (AvgIpc) is 3.38. The van der Waals surface area contributed by atoms with Crippen molar-refractivity contribution in [1.82, 2.24) is 19.3 Å². The smallest absolute Gasteiger partial charge is 0.408 e. The van der Waals surface area contributed by atoms with Crippen LogP contribution in [0.1, 0.15) is 19.3 Å². The van der Waals surface area contributed by atoms with Crippen LogP contribution in [0.5, 0.6) is 0 Å². The molecule has 1 atom stereocenters. The number of carbonyl (C=O) groups is 2. The first-order valence-electron chi connectivity index (χ1n) is 10.3. The molecule has 0 aliphatic carbocycles. The van der Waals surface area contributed by atoms with Crippen molar-refractivity contribution in [3.8, 4) is 0 Å². The van der Waals surface area contributed by atoms with Gasteiger partial charge in [-0.05, 0) is 38.4 Å². The normalized spacial score (nSPS) is 23.8. The Kier molecular flexibility index (Phi) is 4.27. The fourth-order valence-electron chi connectivity index (χ4n) is 5.26. The molecule has 1 spiro atoms. The number of aromatic nitrogens is 1. The van der Waals surface area contributed by atoms with Gasteiger partial charge in [-0.25, -0.2) is 4.79 Å². The summed E-state index contributed by atoms with van der Waals surface area (Å²) in [6, 6.07) is 7.05. The molecule has 2 aromatic rings. The number of nitrogens with zero attached hydrogens (tertiary/aromatic N) is 4. The molecule has 3 saturated heterocycles. The van der Waals surface area contributed by atoms with Crippen molar-refractivity contribution in [3.63, 3.8) is 0 Å². The van der Waals surface area contributed by atoms with Crippen molar-refractivity contribution >= 4 is 22.9 Å². The van der Waals surface area contributed by atoms with Crippen LogP contribution < -0.4 is 5.76 Å². The molecule has 154 valence electrons. The number of rotatable bonds is 3. The van der Waals surface area contributed by atoms with E-state index in [4.69, 9.17) is 4.42 Å². The number of likely N-dealkylation sites (tertiary alicyclic amines) is 3. The molecule has 5 rings (SSSR count). The second kappa shape index (κ2) is 6.73. The number of para-hydroxylation sites is 2. The summed E-state index contributed by atoms with van der Waals surface area (Å²) in [5.74, 6) is -0.351. The number of hydrogen-bond donors (Lipinski definition) is 0. The monoisotopic (exact) mass is 398 g/mol. The molecule has 0 saturated carbocycles. The summed E-state index contributed by atoms with van der Waals surface area (Å²) in [5.41, 5.74) is 1.12. The summed E-state index contributed by atoms with van der Waals surface area (Å²) >= 11 is 0. The molecule has 4 heterocycles. The van der Waals surface area contributed by atoms with E-state index >= 15 is 0 Å². The quantitative estimate of drug-likeness (QED) is 0.762. The molecule has 1 aromatic carbocycles. The number of carbonyl (C=O) groups excluding carboxylic acids is 2. The van der Waals surface area contributed by atoms with Gasteiger partial charge in [0, 0.05) is 38.1 Å². The van der Waals surface area contributed by atoms with Crippen LogP contribution in [0.2, 0.25) is 0 Å². The van der Waals surface area contributed by atoms with Crippen LogP contribution in [0, 0.1) is 5.41 Å². The highest BCUT2D eigenvalue weighted by Crippen LogP contribution is 2.42. The molecule has 29 heavy (non-hydrogen) atoms. The molecule has 0 bridgehead atoms. The van der Waals surface area contributed by atoms with E-state index in [1.54, 1.807) is 23.1 Å². The summed E-state index contributed by atoms with van der Waals surface area (Å²) in [6.45, 7) is 3.84.